The summed E-state index contributed by atoms with van der Waals surface area (Å²) in [6, 6.07) is 6.93. The average Bonchev–Trinajstić information content (AvgIpc) is 3.20. The number of aromatic nitrogens is 3. The van der Waals surface area contributed by atoms with Crippen molar-refractivity contribution in [3.63, 3.8) is 0 Å². The third-order valence-electron chi connectivity index (χ3n) is 6.35. The van der Waals surface area contributed by atoms with E-state index in [9.17, 15) is 13.2 Å². The SMILES string of the molecule is C[C@H]1CCCC[C@H]1NC(=O)CSc1nnc(-c2ccc(S(=O)(=O)N3CCOCC3)cc2)n1C. The van der Waals surface area contributed by atoms with Gasteiger partial charge in [0.2, 0.25) is 15.9 Å². The lowest BCUT2D eigenvalue weighted by Gasteiger charge is -2.29. The third-order valence-corrected chi connectivity index (χ3v) is 9.28. The number of carbonyl (C=O) groups is 1. The molecule has 0 spiro atoms. The molecule has 1 saturated carbocycles. The number of hydrogen-bond donors (Lipinski definition) is 1. The summed E-state index contributed by atoms with van der Waals surface area (Å²) in [6.45, 7) is 3.74. The number of amides is 1. The van der Waals surface area contributed by atoms with E-state index in [0.29, 0.717) is 43.2 Å². The largest absolute Gasteiger partial charge is 0.379 e. The van der Waals surface area contributed by atoms with E-state index in [4.69, 9.17) is 4.74 Å². The van der Waals surface area contributed by atoms with Crippen LogP contribution in [0.15, 0.2) is 34.3 Å². The van der Waals surface area contributed by atoms with Gasteiger partial charge in [-0.1, -0.05) is 31.5 Å². The van der Waals surface area contributed by atoms with E-state index in [1.807, 2.05) is 11.6 Å². The molecule has 1 aromatic heterocycles. The maximum absolute atomic E-state index is 12.8. The second-order valence-electron chi connectivity index (χ2n) is 8.63. The Balaban J connectivity index is 1.38. The number of carbonyl (C=O) groups excluding carboxylic acids is 1. The van der Waals surface area contributed by atoms with Crippen molar-refractivity contribution in [3.05, 3.63) is 24.3 Å². The summed E-state index contributed by atoms with van der Waals surface area (Å²) >= 11 is 1.35. The lowest BCUT2D eigenvalue weighted by atomic mass is 9.86. The molecule has 1 N–H and O–H groups in total. The van der Waals surface area contributed by atoms with Crippen LogP contribution < -0.4 is 5.32 Å². The number of sulfonamides is 1. The zero-order valence-corrected chi connectivity index (χ0v) is 20.7. The summed E-state index contributed by atoms with van der Waals surface area (Å²) in [5, 5.41) is 12.3. The first-order valence-corrected chi connectivity index (χ1v) is 13.8. The monoisotopic (exact) mass is 493 g/mol. The molecule has 2 heterocycles. The summed E-state index contributed by atoms with van der Waals surface area (Å²) in [5.74, 6) is 1.44. The van der Waals surface area contributed by atoms with Gasteiger partial charge in [-0.3, -0.25) is 4.79 Å². The Hall–Kier alpha value is -1.95. The Morgan fingerprint density at radius 1 is 1.15 bits per heavy atom. The van der Waals surface area contributed by atoms with Crippen LogP contribution in [-0.4, -0.2) is 71.5 Å². The van der Waals surface area contributed by atoms with Crippen LogP contribution in [0.2, 0.25) is 0 Å². The molecule has 33 heavy (non-hydrogen) atoms. The number of thioether (sulfide) groups is 1. The fourth-order valence-corrected chi connectivity index (χ4v) is 6.44. The van der Waals surface area contributed by atoms with Crippen molar-refractivity contribution in [2.45, 2.75) is 48.7 Å². The van der Waals surface area contributed by atoms with E-state index in [0.717, 1.165) is 18.4 Å². The first-order chi connectivity index (χ1) is 15.9. The molecule has 180 valence electrons. The van der Waals surface area contributed by atoms with Crippen LogP contribution in [-0.2, 0) is 26.6 Å². The minimum absolute atomic E-state index is 0.0148. The minimum Gasteiger partial charge on any atom is -0.379 e. The summed E-state index contributed by atoms with van der Waals surface area (Å²) in [5.41, 5.74) is 0.762. The predicted molar refractivity (Wildman–Crippen MR) is 126 cm³/mol. The first-order valence-electron chi connectivity index (χ1n) is 11.4. The van der Waals surface area contributed by atoms with E-state index in [2.05, 4.69) is 22.4 Å². The maximum atomic E-state index is 12.8. The molecule has 11 heteroatoms. The molecule has 0 bridgehead atoms. The Morgan fingerprint density at radius 3 is 2.55 bits per heavy atom. The van der Waals surface area contributed by atoms with Crippen LogP contribution >= 0.6 is 11.8 Å². The Morgan fingerprint density at radius 2 is 1.85 bits per heavy atom. The van der Waals surface area contributed by atoms with Gasteiger partial charge < -0.3 is 14.6 Å². The van der Waals surface area contributed by atoms with Gasteiger partial charge in [-0.15, -0.1) is 10.2 Å². The highest BCUT2D eigenvalue weighted by molar-refractivity contribution is 7.99. The van der Waals surface area contributed by atoms with Crippen LogP contribution in [0.3, 0.4) is 0 Å². The van der Waals surface area contributed by atoms with Crippen molar-refractivity contribution in [2.24, 2.45) is 13.0 Å². The van der Waals surface area contributed by atoms with Gasteiger partial charge in [0.25, 0.3) is 0 Å². The molecule has 0 radical (unpaired) electrons. The number of morpholine rings is 1. The lowest BCUT2D eigenvalue weighted by molar-refractivity contribution is -0.119. The number of benzene rings is 1. The van der Waals surface area contributed by atoms with Crippen molar-refractivity contribution in [3.8, 4) is 11.4 Å². The fraction of sp³-hybridized carbons (Fsp3) is 0.591. The van der Waals surface area contributed by atoms with Gasteiger partial charge in [-0.05, 0) is 43.0 Å². The smallest absolute Gasteiger partial charge is 0.243 e. The van der Waals surface area contributed by atoms with Crippen LogP contribution in [0, 0.1) is 5.92 Å². The number of ether oxygens (including phenoxy) is 1. The Kier molecular flexibility index (Phi) is 7.72. The molecule has 1 amide bonds. The third kappa shape index (κ3) is 5.59. The standard InChI is InChI=1S/C22H31N5O4S2/c1-16-5-3-4-6-19(16)23-20(28)15-32-22-25-24-21(26(22)2)17-7-9-18(10-8-17)33(29,30)27-11-13-31-14-12-27/h7-10,16,19H,3-6,11-15H2,1-2H3,(H,23,28)/t16-,19+/m0/s1. The van der Waals surface area contributed by atoms with E-state index < -0.39 is 10.0 Å². The molecule has 1 aliphatic heterocycles. The van der Waals surface area contributed by atoms with Crippen LogP contribution in [0.1, 0.15) is 32.6 Å². The van der Waals surface area contributed by atoms with Gasteiger partial charge in [0.05, 0.1) is 23.9 Å². The predicted octanol–water partition coefficient (Wildman–Crippen LogP) is 2.29. The van der Waals surface area contributed by atoms with Crippen molar-refractivity contribution >= 4 is 27.7 Å². The molecule has 1 aromatic carbocycles. The second-order valence-corrected chi connectivity index (χ2v) is 11.5. The molecule has 1 saturated heterocycles. The maximum Gasteiger partial charge on any atom is 0.243 e. The molecule has 2 atom stereocenters. The van der Waals surface area contributed by atoms with Crippen LogP contribution in [0.25, 0.3) is 11.4 Å². The minimum atomic E-state index is -3.54. The van der Waals surface area contributed by atoms with Crippen molar-refractivity contribution in [1.82, 2.24) is 24.4 Å². The molecule has 2 aromatic rings. The average molecular weight is 494 g/mol. The van der Waals surface area contributed by atoms with Gasteiger partial charge in [-0.25, -0.2) is 8.42 Å². The quantitative estimate of drug-likeness (QED) is 0.590. The van der Waals surface area contributed by atoms with Gasteiger partial charge >= 0.3 is 0 Å². The Labute approximate surface area is 199 Å². The van der Waals surface area contributed by atoms with E-state index >= 15 is 0 Å². The number of nitrogens with one attached hydrogen (secondary N) is 1. The van der Waals surface area contributed by atoms with Gasteiger partial charge in [0.15, 0.2) is 11.0 Å². The topological polar surface area (TPSA) is 106 Å². The highest BCUT2D eigenvalue weighted by Gasteiger charge is 2.26. The first kappa shape index (κ1) is 24.2. The van der Waals surface area contributed by atoms with Gasteiger partial charge in [0.1, 0.15) is 0 Å². The highest BCUT2D eigenvalue weighted by Crippen LogP contribution is 2.26. The molecular formula is C22H31N5O4S2. The summed E-state index contributed by atoms with van der Waals surface area (Å²) in [7, 11) is -1.69. The molecule has 9 nitrogen and oxygen atoms in total. The highest BCUT2D eigenvalue weighted by atomic mass is 32.2. The molecule has 2 aliphatic rings. The number of hydrogen-bond acceptors (Lipinski definition) is 7. The van der Waals surface area contributed by atoms with E-state index in [1.54, 1.807) is 24.3 Å². The normalized spacial score (nSPS) is 22.2. The summed E-state index contributed by atoms with van der Waals surface area (Å²) < 4.78 is 34.1. The Bertz CT molecular complexity index is 1060. The molecule has 0 unspecified atom stereocenters. The zero-order valence-electron chi connectivity index (χ0n) is 19.1. The zero-order chi connectivity index (χ0) is 23.4. The van der Waals surface area contributed by atoms with Crippen molar-refractivity contribution in [1.29, 1.82) is 0 Å². The fourth-order valence-electron chi connectivity index (χ4n) is 4.31. The molecule has 2 fully saturated rings. The molecule has 4 rings (SSSR count). The lowest BCUT2D eigenvalue weighted by Crippen LogP contribution is -2.41. The van der Waals surface area contributed by atoms with Gasteiger partial charge in [-0.2, -0.15) is 4.31 Å². The van der Waals surface area contributed by atoms with Crippen LogP contribution in [0.5, 0.6) is 0 Å². The number of nitrogens with zero attached hydrogens (tertiary/aromatic N) is 4. The summed E-state index contributed by atoms with van der Waals surface area (Å²) in [6.07, 6.45) is 4.62. The van der Waals surface area contributed by atoms with Crippen molar-refractivity contribution in [2.75, 3.05) is 32.1 Å². The van der Waals surface area contributed by atoms with E-state index in [1.165, 1.54) is 28.9 Å². The molecular weight excluding hydrogens is 462 g/mol. The van der Waals surface area contributed by atoms with E-state index in [-0.39, 0.29) is 22.6 Å². The van der Waals surface area contributed by atoms with Crippen molar-refractivity contribution < 1.29 is 17.9 Å². The second kappa shape index (κ2) is 10.5. The van der Waals surface area contributed by atoms with Crippen LogP contribution in [0.4, 0.5) is 0 Å². The molecule has 1 aliphatic carbocycles. The van der Waals surface area contributed by atoms with Gasteiger partial charge in [0, 0.05) is 31.7 Å². The number of rotatable bonds is 7. The summed E-state index contributed by atoms with van der Waals surface area (Å²) in [4.78, 5) is 12.7.